The van der Waals surface area contributed by atoms with E-state index in [9.17, 15) is 5.11 Å². The van der Waals surface area contributed by atoms with E-state index in [1.807, 2.05) is 30.3 Å². The second-order valence-corrected chi connectivity index (χ2v) is 3.94. The van der Waals surface area contributed by atoms with Crippen molar-refractivity contribution >= 4 is 12.4 Å². The summed E-state index contributed by atoms with van der Waals surface area (Å²) < 4.78 is 5.50. The van der Waals surface area contributed by atoms with E-state index < -0.39 is 0 Å². The quantitative estimate of drug-likeness (QED) is 0.841. The summed E-state index contributed by atoms with van der Waals surface area (Å²) in [5.41, 5.74) is 0. The second-order valence-electron chi connectivity index (χ2n) is 3.94. The average molecular weight is 244 g/mol. The number of ether oxygens (including phenoxy) is 1. The van der Waals surface area contributed by atoms with Crippen LogP contribution in [0.2, 0.25) is 0 Å². The molecule has 2 N–H and O–H groups in total. The van der Waals surface area contributed by atoms with E-state index >= 15 is 0 Å². The van der Waals surface area contributed by atoms with Gasteiger partial charge in [-0.2, -0.15) is 0 Å². The van der Waals surface area contributed by atoms with Crippen molar-refractivity contribution in [1.29, 1.82) is 0 Å². The van der Waals surface area contributed by atoms with Crippen LogP contribution < -0.4 is 10.1 Å². The molecule has 3 nitrogen and oxygen atoms in total. The maximum Gasteiger partial charge on any atom is 0.119 e. The molecule has 16 heavy (non-hydrogen) atoms. The van der Waals surface area contributed by atoms with Gasteiger partial charge in [-0.1, -0.05) is 18.2 Å². The molecule has 2 unspecified atom stereocenters. The predicted molar refractivity (Wildman–Crippen MR) is 66.2 cm³/mol. The second kappa shape index (κ2) is 6.74. The maximum absolute atomic E-state index is 9.85. The van der Waals surface area contributed by atoms with Gasteiger partial charge in [-0.05, 0) is 25.1 Å². The van der Waals surface area contributed by atoms with E-state index in [1.165, 1.54) is 0 Å². The van der Waals surface area contributed by atoms with E-state index in [0.29, 0.717) is 12.5 Å². The van der Waals surface area contributed by atoms with E-state index in [0.717, 1.165) is 25.3 Å². The van der Waals surface area contributed by atoms with Gasteiger partial charge in [0.15, 0.2) is 0 Å². The van der Waals surface area contributed by atoms with Gasteiger partial charge in [0.05, 0.1) is 6.10 Å². The highest BCUT2D eigenvalue weighted by Gasteiger charge is 2.23. The molecule has 0 aromatic heterocycles. The van der Waals surface area contributed by atoms with E-state index in [-0.39, 0.29) is 18.5 Å². The number of aliphatic hydroxyl groups is 1. The number of aliphatic hydroxyl groups excluding tert-OH is 1. The average Bonchev–Trinajstić information content (AvgIpc) is 2.81. The Labute approximate surface area is 102 Å². The van der Waals surface area contributed by atoms with Crippen LogP contribution in [0, 0.1) is 5.92 Å². The van der Waals surface area contributed by atoms with Gasteiger partial charge >= 0.3 is 0 Å². The number of hydrogen-bond donors (Lipinski definition) is 2. The lowest BCUT2D eigenvalue weighted by molar-refractivity contribution is 0.0641. The van der Waals surface area contributed by atoms with Crippen molar-refractivity contribution in [2.45, 2.75) is 12.5 Å². The molecule has 2 rings (SSSR count). The molecule has 1 aromatic carbocycles. The fraction of sp³-hybridized carbons (Fsp3) is 0.500. The van der Waals surface area contributed by atoms with Crippen molar-refractivity contribution in [3.8, 4) is 5.75 Å². The summed E-state index contributed by atoms with van der Waals surface area (Å²) in [5, 5.41) is 13.1. The van der Waals surface area contributed by atoms with Crippen LogP contribution in [-0.2, 0) is 0 Å². The lowest BCUT2D eigenvalue weighted by atomic mass is 10.0. The van der Waals surface area contributed by atoms with Gasteiger partial charge in [-0.15, -0.1) is 12.4 Å². The van der Waals surface area contributed by atoms with Gasteiger partial charge in [0.1, 0.15) is 12.4 Å². The summed E-state index contributed by atoms with van der Waals surface area (Å²) in [6.07, 6.45) is 0.680. The number of hydrogen-bond acceptors (Lipinski definition) is 3. The molecule has 0 saturated carbocycles. The number of rotatable bonds is 4. The first-order chi connectivity index (χ1) is 7.36. The molecule has 0 radical (unpaired) electrons. The standard InChI is InChI=1S/C12H17NO2.ClH/c14-12(10-6-7-13-8-10)9-15-11-4-2-1-3-5-11;/h1-5,10,12-14H,6-9H2;1H. The Morgan fingerprint density at radius 1 is 1.38 bits per heavy atom. The Balaban J connectivity index is 0.00000128. The molecule has 1 saturated heterocycles. The first-order valence-corrected chi connectivity index (χ1v) is 5.43. The molecule has 4 heteroatoms. The number of para-hydroxylation sites is 1. The maximum atomic E-state index is 9.85. The molecule has 1 aromatic rings. The van der Waals surface area contributed by atoms with E-state index in [4.69, 9.17) is 4.74 Å². The van der Waals surface area contributed by atoms with Crippen LogP contribution in [0.15, 0.2) is 30.3 Å². The minimum atomic E-state index is -0.361. The largest absolute Gasteiger partial charge is 0.491 e. The normalized spacial score (nSPS) is 21.2. The first kappa shape index (κ1) is 13.3. The highest BCUT2D eigenvalue weighted by Crippen LogP contribution is 2.15. The van der Waals surface area contributed by atoms with Crippen molar-refractivity contribution in [1.82, 2.24) is 5.32 Å². The van der Waals surface area contributed by atoms with E-state index in [2.05, 4.69) is 5.32 Å². The Hall–Kier alpha value is -0.770. The monoisotopic (exact) mass is 243 g/mol. The predicted octanol–water partition coefficient (Wildman–Crippen LogP) is 1.46. The van der Waals surface area contributed by atoms with E-state index in [1.54, 1.807) is 0 Å². The molecule has 1 aliphatic rings. The summed E-state index contributed by atoms with van der Waals surface area (Å²) in [5.74, 6) is 1.16. The summed E-state index contributed by atoms with van der Waals surface area (Å²) >= 11 is 0. The van der Waals surface area contributed by atoms with Crippen molar-refractivity contribution in [3.05, 3.63) is 30.3 Å². The molecule has 0 bridgehead atoms. The zero-order valence-electron chi connectivity index (χ0n) is 9.13. The fourth-order valence-corrected chi connectivity index (χ4v) is 1.84. The van der Waals surface area contributed by atoms with Crippen molar-refractivity contribution in [2.75, 3.05) is 19.7 Å². The van der Waals surface area contributed by atoms with Gasteiger partial charge in [-0.3, -0.25) is 0 Å². The van der Waals surface area contributed by atoms with Crippen LogP contribution in [-0.4, -0.2) is 30.9 Å². The molecule has 1 fully saturated rings. The summed E-state index contributed by atoms with van der Waals surface area (Å²) in [6, 6.07) is 9.61. The summed E-state index contributed by atoms with van der Waals surface area (Å²) in [7, 11) is 0. The lowest BCUT2D eigenvalue weighted by Gasteiger charge is -2.17. The molecule has 90 valence electrons. The van der Waals surface area contributed by atoms with Crippen molar-refractivity contribution < 1.29 is 9.84 Å². The first-order valence-electron chi connectivity index (χ1n) is 5.43. The molecule has 0 spiro atoms. The Morgan fingerprint density at radius 3 is 2.75 bits per heavy atom. The molecule has 1 heterocycles. The smallest absolute Gasteiger partial charge is 0.119 e. The number of nitrogens with one attached hydrogen (secondary N) is 1. The number of benzene rings is 1. The van der Waals surface area contributed by atoms with Crippen LogP contribution in [0.4, 0.5) is 0 Å². The molecule has 0 aliphatic carbocycles. The molecular weight excluding hydrogens is 226 g/mol. The lowest BCUT2D eigenvalue weighted by Crippen LogP contribution is -2.28. The zero-order valence-corrected chi connectivity index (χ0v) is 9.95. The van der Waals surface area contributed by atoms with Gasteiger partial charge in [0.25, 0.3) is 0 Å². The van der Waals surface area contributed by atoms with Gasteiger partial charge < -0.3 is 15.2 Å². The fourth-order valence-electron chi connectivity index (χ4n) is 1.84. The van der Waals surface area contributed by atoms with Crippen LogP contribution in [0.1, 0.15) is 6.42 Å². The van der Waals surface area contributed by atoms with Crippen LogP contribution >= 0.6 is 12.4 Å². The van der Waals surface area contributed by atoms with Crippen molar-refractivity contribution in [3.63, 3.8) is 0 Å². The Bertz CT molecular complexity index is 288. The summed E-state index contributed by atoms with van der Waals surface area (Å²) in [6.45, 7) is 2.29. The van der Waals surface area contributed by atoms with Crippen LogP contribution in [0.25, 0.3) is 0 Å². The van der Waals surface area contributed by atoms with Gasteiger partial charge in [-0.25, -0.2) is 0 Å². The van der Waals surface area contributed by atoms with Gasteiger partial charge in [0.2, 0.25) is 0 Å². The van der Waals surface area contributed by atoms with Crippen LogP contribution in [0.3, 0.4) is 0 Å². The minimum Gasteiger partial charge on any atom is -0.491 e. The third-order valence-corrected chi connectivity index (χ3v) is 2.81. The zero-order chi connectivity index (χ0) is 10.5. The molecule has 0 amide bonds. The van der Waals surface area contributed by atoms with Crippen LogP contribution in [0.5, 0.6) is 5.75 Å². The molecule has 1 aliphatic heterocycles. The highest BCUT2D eigenvalue weighted by molar-refractivity contribution is 5.85. The molecule has 2 atom stereocenters. The third-order valence-electron chi connectivity index (χ3n) is 2.81. The Kier molecular flexibility index (Phi) is 5.60. The summed E-state index contributed by atoms with van der Waals surface area (Å²) in [4.78, 5) is 0. The SMILES string of the molecule is Cl.OC(COc1ccccc1)C1CCNC1. The minimum absolute atomic E-state index is 0. The topological polar surface area (TPSA) is 41.5 Å². The number of halogens is 1. The highest BCUT2D eigenvalue weighted by atomic mass is 35.5. The molecular formula is C12H18ClNO2. The van der Waals surface area contributed by atoms with Gasteiger partial charge in [0, 0.05) is 12.5 Å². The van der Waals surface area contributed by atoms with Crippen molar-refractivity contribution in [2.24, 2.45) is 5.92 Å². The third kappa shape index (κ3) is 3.67. The Morgan fingerprint density at radius 2 is 2.12 bits per heavy atom.